The summed E-state index contributed by atoms with van der Waals surface area (Å²) in [4.78, 5) is 27.7. The van der Waals surface area contributed by atoms with Gasteiger partial charge in [0.25, 0.3) is 5.91 Å². The number of carbonyl (C=O) groups is 2. The SMILES string of the molecule is CC(C)CC(NC(=O)c1ccc(Cl)cc1Cl)C(=O)NCCCN1CCCCC1. The Morgan fingerprint density at radius 2 is 1.86 bits per heavy atom. The maximum Gasteiger partial charge on any atom is 0.253 e. The molecule has 1 saturated heterocycles. The lowest BCUT2D eigenvalue weighted by molar-refractivity contribution is -0.123. The van der Waals surface area contributed by atoms with Crippen LogP contribution in [0.15, 0.2) is 18.2 Å². The van der Waals surface area contributed by atoms with E-state index in [4.69, 9.17) is 23.2 Å². The fraction of sp³-hybridized carbons (Fsp3) is 0.619. The smallest absolute Gasteiger partial charge is 0.253 e. The zero-order chi connectivity index (χ0) is 20.5. The first-order valence-electron chi connectivity index (χ1n) is 10.1. The van der Waals surface area contributed by atoms with Crippen LogP contribution in [0.1, 0.15) is 56.3 Å². The lowest BCUT2D eigenvalue weighted by Gasteiger charge is -2.26. The molecule has 0 aromatic heterocycles. The number of nitrogens with zero attached hydrogens (tertiary/aromatic N) is 1. The third-order valence-corrected chi connectivity index (χ3v) is 5.45. The lowest BCUT2D eigenvalue weighted by Crippen LogP contribution is -2.48. The Morgan fingerprint density at radius 1 is 1.14 bits per heavy atom. The summed E-state index contributed by atoms with van der Waals surface area (Å²) in [5.41, 5.74) is 0.317. The van der Waals surface area contributed by atoms with Crippen LogP contribution in [0.2, 0.25) is 10.0 Å². The monoisotopic (exact) mass is 427 g/mol. The molecule has 7 heteroatoms. The number of likely N-dealkylation sites (tertiary alicyclic amines) is 1. The van der Waals surface area contributed by atoms with Crippen molar-refractivity contribution in [1.82, 2.24) is 15.5 Å². The molecule has 1 heterocycles. The van der Waals surface area contributed by atoms with Gasteiger partial charge in [-0.25, -0.2) is 0 Å². The predicted octanol–water partition coefficient (Wildman–Crippen LogP) is 4.13. The standard InChI is InChI=1S/C21H31Cl2N3O2/c1-15(2)13-19(25-20(27)17-8-7-16(22)14-18(17)23)21(28)24-9-6-12-26-10-4-3-5-11-26/h7-8,14-15,19H,3-6,9-13H2,1-2H3,(H,24,28)(H,25,27). The topological polar surface area (TPSA) is 61.4 Å². The second-order valence-corrected chi connectivity index (χ2v) is 8.67. The highest BCUT2D eigenvalue weighted by Gasteiger charge is 2.23. The Bertz CT molecular complexity index is 661. The number of halogens is 2. The van der Waals surface area contributed by atoms with E-state index in [-0.39, 0.29) is 22.8 Å². The summed E-state index contributed by atoms with van der Waals surface area (Å²) < 4.78 is 0. The van der Waals surface area contributed by atoms with Gasteiger partial charge in [0.2, 0.25) is 5.91 Å². The molecule has 2 N–H and O–H groups in total. The van der Waals surface area contributed by atoms with Crippen LogP contribution < -0.4 is 10.6 Å². The van der Waals surface area contributed by atoms with Crippen LogP contribution in [0.25, 0.3) is 0 Å². The molecule has 1 aromatic rings. The van der Waals surface area contributed by atoms with Crippen molar-refractivity contribution in [2.24, 2.45) is 5.92 Å². The maximum absolute atomic E-state index is 12.6. The van der Waals surface area contributed by atoms with Crippen molar-refractivity contribution in [1.29, 1.82) is 0 Å². The number of hydrogen-bond donors (Lipinski definition) is 2. The van der Waals surface area contributed by atoms with Gasteiger partial charge in [-0.3, -0.25) is 9.59 Å². The van der Waals surface area contributed by atoms with Crippen molar-refractivity contribution in [3.63, 3.8) is 0 Å². The molecule has 28 heavy (non-hydrogen) atoms. The van der Waals surface area contributed by atoms with Crippen LogP contribution in [0.3, 0.4) is 0 Å². The van der Waals surface area contributed by atoms with Crippen LogP contribution >= 0.6 is 23.2 Å². The number of hydrogen-bond acceptors (Lipinski definition) is 3. The van der Waals surface area contributed by atoms with E-state index in [2.05, 4.69) is 15.5 Å². The van der Waals surface area contributed by atoms with Crippen molar-refractivity contribution in [3.05, 3.63) is 33.8 Å². The third kappa shape index (κ3) is 7.61. The lowest BCUT2D eigenvalue weighted by atomic mass is 10.0. The normalized spacial score (nSPS) is 16.0. The fourth-order valence-electron chi connectivity index (χ4n) is 3.43. The molecule has 0 spiro atoms. The van der Waals surface area contributed by atoms with Gasteiger partial charge in [-0.1, -0.05) is 43.5 Å². The second-order valence-electron chi connectivity index (χ2n) is 7.83. The summed E-state index contributed by atoms with van der Waals surface area (Å²) >= 11 is 12.0. The van der Waals surface area contributed by atoms with E-state index in [1.54, 1.807) is 12.1 Å². The Hall–Kier alpha value is -1.30. The van der Waals surface area contributed by atoms with Crippen LogP contribution in [0, 0.1) is 5.92 Å². The highest BCUT2D eigenvalue weighted by molar-refractivity contribution is 6.36. The van der Waals surface area contributed by atoms with Crippen molar-refractivity contribution < 1.29 is 9.59 Å². The Labute approximate surface area is 178 Å². The van der Waals surface area contributed by atoms with Gasteiger partial charge in [-0.05, 0) is 69.4 Å². The summed E-state index contributed by atoms with van der Waals surface area (Å²) in [7, 11) is 0. The maximum atomic E-state index is 12.6. The van der Waals surface area contributed by atoms with Gasteiger partial charge in [-0.2, -0.15) is 0 Å². The first-order valence-corrected chi connectivity index (χ1v) is 10.9. The molecule has 0 bridgehead atoms. The molecule has 5 nitrogen and oxygen atoms in total. The number of carbonyl (C=O) groups excluding carboxylic acids is 2. The average molecular weight is 428 g/mol. The predicted molar refractivity (Wildman–Crippen MR) is 115 cm³/mol. The van der Waals surface area contributed by atoms with E-state index in [0.717, 1.165) is 26.1 Å². The van der Waals surface area contributed by atoms with E-state index < -0.39 is 6.04 Å². The van der Waals surface area contributed by atoms with Crippen molar-refractivity contribution in [2.45, 2.75) is 52.0 Å². The molecule has 1 aromatic carbocycles. The second kappa shape index (κ2) is 11.6. The van der Waals surface area contributed by atoms with Crippen LogP contribution in [0.4, 0.5) is 0 Å². The van der Waals surface area contributed by atoms with Crippen LogP contribution in [-0.4, -0.2) is 48.9 Å². The highest BCUT2D eigenvalue weighted by Crippen LogP contribution is 2.21. The van der Waals surface area contributed by atoms with Crippen molar-refractivity contribution >= 4 is 35.0 Å². The molecule has 2 amide bonds. The number of rotatable bonds is 9. The van der Waals surface area contributed by atoms with E-state index in [9.17, 15) is 9.59 Å². The van der Waals surface area contributed by atoms with E-state index in [0.29, 0.717) is 23.6 Å². The van der Waals surface area contributed by atoms with Gasteiger partial charge >= 0.3 is 0 Å². The molecule has 1 fully saturated rings. The zero-order valence-corrected chi connectivity index (χ0v) is 18.3. The molecule has 0 aliphatic carbocycles. The molecule has 1 aliphatic heterocycles. The number of benzene rings is 1. The highest BCUT2D eigenvalue weighted by atomic mass is 35.5. The quantitative estimate of drug-likeness (QED) is 0.582. The van der Waals surface area contributed by atoms with Crippen LogP contribution in [0.5, 0.6) is 0 Å². The molecule has 0 radical (unpaired) electrons. The minimum atomic E-state index is -0.589. The van der Waals surface area contributed by atoms with Crippen molar-refractivity contribution in [2.75, 3.05) is 26.2 Å². The van der Waals surface area contributed by atoms with Gasteiger partial charge in [0, 0.05) is 11.6 Å². The summed E-state index contributed by atoms with van der Waals surface area (Å²) in [6, 6.07) is 4.12. The van der Waals surface area contributed by atoms with Gasteiger partial charge in [0.15, 0.2) is 0 Å². The molecule has 156 valence electrons. The van der Waals surface area contributed by atoms with Gasteiger partial charge in [0.1, 0.15) is 6.04 Å². The number of piperidine rings is 1. The third-order valence-electron chi connectivity index (χ3n) is 4.90. The van der Waals surface area contributed by atoms with Gasteiger partial charge in [0.05, 0.1) is 10.6 Å². The molecule has 1 atom stereocenters. The van der Waals surface area contributed by atoms with Crippen molar-refractivity contribution in [3.8, 4) is 0 Å². The molecular weight excluding hydrogens is 397 g/mol. The minimum Gasteiger partial charge on any atom is -0.354 e. The molecule has 1 unspecified atom stereocenters. The van der Waals surface area contributed by atoms with E-state index >= 15 is 0 Å². The van der Waals surface area contributed by atoms with E-state index in [1.807, 2.05) is 13.8 Å². The van der Waals surface area contributed by atoms with E-state index in [1.165, 1.54) is 25.3 Å². The molecule has 0 saturated carbocycles. The molecular formula is C21H31Cl2N3O2. The molecule has 2 rings (SSSR count). The van der Waals surface area contributed by atoms with Gasteiger partial charge in [-0.15, -0.1) is 0 Å². The minimum absolute atomic E-state index is 0.147. The zero-order valence-electron chi connectivity index (χ0n) is 16.8. The number of amides is 2. The summed E-state index contributed by atoms with van der Waals surface area (Å²) in [5.74, 6) is -0.244. The Morgan fingerprint density at radius 3 is 2.50 bits per heavy atom. The average Bonchev–Trinajstić information content (AvgIpc) is 2.65. The number of nitrogens with one attached hydrogen (secondary N) is 2. The van der Waals surface area contributed by atoms with Crippen LogP contribution in [-0.2, 0) is 4.79 Å². The first kappa shape index (κ1) is 23.0. The summed E-state index contributed by atoms with van der Waals surface area (Å²) in [5, 5.41) is 6.54. The molecule has 1 aliphatic rings. The summed E-state index contributed by atoms with van der Waals surface area (Å²) in [6.45, 7) is 7.98. The summed E-state index contributed by atoms with van der Waals surface area (Å²) in [6.07, 6.45) is 5.33. The first-order chi connectivity index (χ1) is 13.4. The fourth-order valence-corrected chi connectivity index (χ4v) is 3.93. The Balaban J connectivity index is 1.86. The van der Waals surface area contributed by atoms with Gasteiger partial charge < -0.3 is 15.5 Å². The Kier molecular flexibility index (Phi) is 9.56. The largest absolute Gasteiger partial charge is 0.354 e.